The Bertz CT molecular complexity index is 728. The monoisotopic (exact) mass is 310 g/mol. The summed E-state index contributed by atoms with van der Waals surface area (Å²) in [6.45, 7) is 2.54. The van der Waals surface area contributed by atoms with Crippen LogP contribution in [0.4, 0.5) is 11.4 Å². The topological polar surface area (TPSA) is 75.2 Å². The van der Waals surface area contributed by atoms with Gasteiger partial charge in [0.05, 0.1) is 11.9 Å². The van der Waals surface area contributed by atoms with Crippen LogP contribution in [-0.4, -0.2) is 28.3 Å². The van der Waals surface area contributed by atoms with E-state index in [0.717, 1.165) is 30.8 Å². The highest BCUT2D eigenvalue weighted by molar-refractivity contribution is 6.03. The van der Waals surface area contributed by atoms with Crippen molar-refractivity contribution in [2.45, 2.75) is 26.2 Å². The van der Waals surface area contributed by atoms with Crippen molar-refractivity contribution in [3.8, 4) is 0 Å². The molecule has 1 fully saturated rings. The molecule has 6 heteroatoms. The van der Waals surface area contributed by atoms with Crippen molar-refractivity contribution in [2.24, 2.45) is 0 Å². The third kappa shape index (κ3) is 3.53. The molecule has 23 heavy (non-hydrogen) atoms. The van der Waals surface area contributed by atoms with E-state index in [2.05, 4.69) is 15.3 Å². The fraction of sp³-hybridized carbons (Fsp3) is 0.294. The maximum atomic E-state index is 12.2. The lowest BCUT2D eigenvalue weighted by molar-refractivity contribution is -0.119. The van der Waals surface area contributed by atoms with Gasteiger partial charge in [-0.15, -0.1) is 0 Å². The van der Waals surface area contributed by atoms with E-state index in [1.165, 1.54) is 6.20 Å². The molecule has 1 saturated heterocycles. The molecule has 1 aliphatic rings. The highest BCUT2D eigenvalue weighted by Gasteiger charge is 2.20. The molecule has 3 rings (SSSR count). The Kier molecular flexibility index (Phi) is 4.32. The van der Waals surface area contributed by atoms with Crippen LogP contribution in [0.3, 0.4) is 0 Å². The second-order valence-corrected chi connectivity index (χ2v) is 5.55. The zero-order chi connectivity index (χ0) is 16.2. The first-order chi connectivity index (χ1) is 11.1. The van der Waals surface area contributed by atoms with Gasteiger partial charge in [0.15, 0.2) is 0 Å². The number of carbonyl (C=O) groups is 2. The van der Waals surface area contributed by atoms with Gasteiger partial charge in [-0.2, -0.15) is 0 Å². The van der Waals surface area contributed by atoms with Gasteiger partial charge in [0.2, 0.25) is 5.91 Å². The van der Waals surface area contributed by atoms with Crippen molar-refractivity contribution in [3.63, 3.8) is 0 Å². The predicted molar refractivity (Wildman–Crippen MR) is 87.4 cm³/mol. The van der Waals surface area contributed by atoms with Crippen molar-refractivity contribution in [1.82, 2.24) is 9.97 Å². The largest absolute Gasteiger partial charge is 0.321 e. The molecule has 2 amide bonds. The van der Waals surface area contributed by atoms with Crippen LogP contribution in [0.25, 0.3) is 0 Å². The van der Waals surface area contributed by atoms with E-state index in [0.29, 0.717) is 12.1 Å². The Balaban J connectivity index is 1.76. The maximum Gasteiger partial charge on any atom is 0.275 e. The Morgan fingerprint density at radius 1 is 1.22 bits per heavy atom. The minimum Gasteiger partial charge on any atom is -0.321 e. The number of nitrogens with zero attached hydrogens (tertiary/aromatic N) is 3. The average Bonchev–Trinajstić information content (AvgIpc) is 2.56. The van der Waals surface area contributed by atoms with Gasteiger partial charge in [-0.05, 0) is 38.0 Å². The number of hydrogen-bond acceptors (Lipinski definition) is 4. The molecular formula is C17H18N4O2. The fourth-order valence-corrected chi connectivity index (χ4v) is 2.54. The van der Waals surface area contributed by atoms with Crippen molar-refractivity contribution >= 4 is 23.2 Å². The van der Waals surface area contributed by atoms with Crippen molar-refractivity contribution < 1.29 is 9.59 Å². The quantitative estimate of drug-likeness (QED) is 0.945. The SMILES string of the molecule is Cc1cnc(C(=O)Nc2cccc(N3CCCCC3=O)c2)cn1. The van der Waals surface area contributed by atoms with Crippen molar-refractivity contribution in [2.75, 3.05) is 16.8 Å². The molecule has 6 nitrogen and oxygen atoms in total. The van der Waals surface area contributed by atoms with E-state index in [4.69, 9.17) is 0 Å². The first-order valence-electron chi connectivity index (χ1n) is 7.64. The third-order valence-corrected chi connectivity index (χ3v) is 3.75. The van der Waals surface area contributed by atoms with E-state index in [9.17, 15) is 9.59 Å². The maximum absolute atomic E-state index is 12.2. The minimum absolute atomic E-state index is 0.129. The number of carbonyl (C=O) groups excluding carboxylic acids is 2. The smallest absolute Gasteiger partial charge is 0.275 e. The summed E-state index contributed by atoms with van der Waals surface area (Å²) in [5, 5.41) is 2.79. The molecule has 0 bridgehead atoms. The summed E-state index contributed by atoms with van der Waals surface area (Å²) < 4.78 is 0. The molecule has 0 saturated carbocycles. The Labute approximate surface area is 134 Å². The molecule has 0 radical (unpaired) electrons. The zero-order valence-electron chi connectivity index (χ0n) is 13.0. The summed E-state index contributed by atoms with van der Waals surface area (Å²) in [6.07, 6.45) is 5.52. The molecule has 1 aromatic carbocycles. The Hall–Kier alpha value is -2.76. The zero-order valence-corrected chi connectivity index (χ0v) is 13.0. The number of nitrogens with one attached hydrogen (secondary N) is 1. The van der Waals surface area contributed by atoms with Crippen LogP contribution < -0.4 is 10.2 Å². The number of anilines is 2. The Morgan fingerprint density at radius 3 is 2.83 bits per heavy atom. The molecule has 2 aromatic rings. The van der Waals surface area contributed by atoms with Gasteiger partial charge in [0.1, 0.15) is 5.69 Å². The lowest BCUT2D eigenvalue weighted by Gasteiger charge is -2.27. The fourth-order valence-electron chi connectivity index (χ4n) is 2.54. The summed E-state index contributed by atoms with van der Waals surface area (Å²) >= 11 is 0. The number of hydrogen-bond donors (Lipinski definition) is 1. The highest BCUT2D eigenvalue weighted by atomic mass is 16.2. The second kappa shape index (κ2) is 6.56. The summed E-state index contributed by atoms with van der Waals surface area (Å²) in [5.74, 6) is -0.191. The molecule has 1 aliphatic heterocycles. The lowest BCUT2D eigenvalue weighted by Crippen LogP contribution is -2.35. The molecule has 1 aromatic heterocycles. The summed E-state index contributed by atoms with van der Waals surface area (Å²) in [7, 11) is 0. The molecule has 2 heterocycles. The number of amides is 2. The van der Waals surface area contributed by atoms with Gasteiger partial charge in [0.25, 0.3) is 5.91 Å². The molecular weight excluding hydrogens is 292 g/mol. The lowest BCUT2D eigenvalue weighted by atomic mass is 10.1. The van der Waals surface area contributed by atoms with Crippen LogP contribution in [0, 0.1) is 6.92 Å². The van der Waals surface area contributed by atoms with Gasteiger partial charge in [-0.1, -0.05) is 6.07 Å². The van der Waals surface area contributed by atoms with Crippen LogP contribution in [0.1, 0.15) is 35.4 Å². The first-order valence-corrected chi connectivity index (χ1v) is 7.64. The van der Waals surface area contributed by atoms with Crippen molar-refractivity contribution in [1.29, 1.82) is 0 Å². The van der Waals surface area contributed by atoms with Gasteiger partial charge in [-0.3, -0.25) is 14.6 Å². The second-order valence-electron chi connectivity index (χ2n) is 5.55. The number of aryl methyl sites for hydroxylation is 1. The minimum atomic E-state index is -0.320. The van der Waals surface area contributed by atoms with Gasteiger partial charge in [0, 0.05) is 30.5 Å². The molecule has 0 spiro atoms. The summed E-state index contributed by atoms with van der Waals surface area (Å²) in [4.78, 5) is 34.1. The molecule has 0 unspecified atom stereocenters. The van der Waals surface area contributed by atoms with Crippen LogP contribution in [0.5, 0.6) is 0 Å². The van der Waals surface area contributed by atoms with E-state index >= 15 is 0 Å². The molecule has 0 atom stereocenters. The predicted octanol–water partition coefficient (Wildman–Crippen LogP) is 2.55. The van der Waals surface area contributed by atoms with E-state index in [1.54, 1.807) is 17.2 Å². The number of piperidine rings is 1. The van der Waals surface area contributed by atoms with E-state index in [1.807, 2.05) is 25.1 Å². The Morgan fingerprint density at radius 2 is 2.09 bits per heavy atom. The number of benzene rings is 1. The van der Waals surface area contributed by atoms with Crippen molar-refractivity contribution in [3.05, 3.63) is 48.0 Å². The highest BCUT2D eigenvalue weighted by Crippen LogP contribution is 2.24. The van der Waals surface area contributed by atoms with Gasteiger partial charge in [-0.25, -0.2) is 4.98 Å². The molecule has 118 valence electrons. The number of aromatic nitrogens is 2. The normalized spacial score (nSPS) is 14.7. The van der Waals surface area contributed by atoms with Gasteiger partial charge >= 0.3 is 0 Å². The summed E-state index contributed by atoms with van der Waals surface area (Å²) in [5.41, 5.74) is 2.46. The van der Waals surface area contributed by atoms with Crippen LogP contribution in [0.2, 0.25) is 0 Å². The number of rotatable bonds is 3. The average molecular weight is 310 g/mol. The van der Waals surface area contributed by atoms with E-state index < -0.39 is 0 Å². The molecule has 0 aliphatic carbocycles. The third-order valence-electron chi connectivity index (χ3n) is 3.75. The van der Waals surface area contributed by atoms with Gasteiger partial charge < -0.3 is 10.2 Å². The van der Waals surface area contributed by atoms with Crippen LogP contribution in [0.15, 0.2) is 36.7 Å². The van der Waals surface area contributed by atoms with E-state index in [-0.39, 0.29) is 17.5 Å². The standard InChI is InChI=1S/C17H18N4O2/c1-12-10-19-15(11-18-12)17(23)20-13-5-4-6-14(9-13)21-8-3-2-7-16(21)22/h4-6,9-11H,2-3,7-8H2,1H3,(H,20,23). The molecule has 1 N–H and O–H groups in total. The summed E-state index contributed by atoms with van der Waals surface area (Å²) in [6, 6.07) is 7.30. The van der Waals surface area contributed by atoms with Crippen LogP contribution in [-0.2, 0) is 4.79 Å². The first kappa shape index (κ1) is 15.1. The van der Waals surface area contributed by atoms with Crippen LogP contribution >= 0.6 is 0 Å².